The van der Waals surface area contributed by atoms with Gasteiger partial charge in [0.2, 0.25) is 5.84 Å². The monoisotopic (exact) mass is 364 g/mol. The molecule has 3 rings (SSSR count). The molecule has 0 bridgehead atoms. The van der Waals surface area contributed by atoms with E-state index in [1.54, 1.807) is 12.1 Å². The van der Waals surface area contributed by atoms with E-state index in [1.807, 2.05) is 0 Å². The van der Waals surface area contributed by atoms with Gasteiger partial charge in [0, 0.05) is 25.0 Å². The molecular formula is C16H12F4N6. The summed E-state index contributed by atoms with van der Waals surface area (Å²) in [7, 11) is 0. The lowest BCUT2D eigenvalue weighted by Gasteiger charge is -2.09. The largest absolute Gasteiger partial charge is 0.449 e. The summed E-state index contributed by atoms with van der Waals surface area (Å²) in [6.07, 6.45) is -0.491. The van der Waals surface area contributed by atoms with Gasteiger partial charge in [-0.3, -0.25) is 5.41 Å². The minimum absolute atomic E-state index is 0.0484. The van der Waals surface area contributed by atoms with Crippen molar-refractivity contribution in [2.24, 2.45) is 10.7 Å². The molecule has 0 saturated carbocycles. The maximum atomic E-state index is 13.9. The van der Waals surface area contributed by atoms with E-state index in [9.17, 15) is 17.6 Å². The molecule has 0 aliphatic carbocycles. The van der Waals surface area contributed by atoms with Crippen LogP contribution in [-0.4, -0.2) is 32.2 Å². The molecule has 134 valence electrons. The molecule has 0 aliphatic rings. The second-order valence-electron chi connectivity index (χ2n) is 5.34. The summed E-state index contributed by atoms with van der Waals surface area (Å²) in [6, 6.07) is 6.05. The number of rotatable bonds is 3. The molecule has 2 aromatic heterocycles. The number of hydrogen-bond donors (Lipinski definition) is 2. The highest BCUT2D eigenvalue weighted by Gasteiger charge is 2.34. The van der Waals surface area contributed by atoms with Gasteiger partial charge >= 0.3 is 6.18 Å². The summed E-state index contributed by atoms with van der Waals surface area (Å²) in [6.45, 7) is 0. The molecular weight excluding hydrogens is 352 g/mol. The van der Waals surface area contributed by atoms with E-state index >= 15 is 0 Å². The molecule has 0 saturated heterocycles. The van der Waals surface area contributed by atoms with Crippen LogP contribution in [0, 0.1) is 11.2 Å². The number of hydrogen-bond acceptors (Lipinski definition) is 3. The van der Waals surface area contributed by atoms with Gasteiger partial charge in [0.15, 0.2) is 11.5 Å². The highest BCUT2D eigenvalue weighted by atomic mass is 19.4. The van der Waals surface area contributed by atoms with Crippen molar-refractivity contribution in [2.45, 2.75) is 12.6 Å². The van der Waals surface area contributed by atoms with E-state index in [-0.39, 0.29) is 12.1 Å². The van der Waals surface area contributed by atoms with Crippen LogP contribution in [0.25, 0.3) is 5.65 Å². The molecule has 0 atom stereocenters. The van der Waals surface area contributed by atoms with E-state index in [2.05, 4.69) is 15.0 Å². The first-order chi connectivity index (χ1) is 12.3. The summed E-state index contributed by atoms with van der Waals surface area (Å²) in [4.78, 5) is 11.3. The SMILES string of the molecule is N=C(N=C(N)C(F)(F)F)c1cn2ccnc2c(Cc2ccccc2F)n1. The third-order valence-electron chi connectivity index (χ3n) is 3.52. The van der Waals surface area contributed by atoms with Crippen molar-refractivity contribution in [1.29, 1.82) is 5.41 Å². The number of alkyl halides is 3. The van der Waals surface area contributed by atoms with E-state index in [4.69, 9.17) is 11.1 Å². The molecule has 0 spiro atoms. The summed E-state index contributed by atoms with van der Waals surface area (Å²) in [5.41, 5.74) is 5.74. The molecule has 2 heterocycles. The smallest absolute Gasteiger partial charge is 0.380 e. The molecule has 1 aromatic carbocycles. The van der Waals surface area contributed by atoms with Crippen molar-refractivity contribution in [1.82, 2.24) is 14.4 Å². The number of amidine groups is 2. The molecule has 0 radical (unpaired) electrons. The number of aromatic nitrogens is 3. The van der Waals surface area contributed by atoms with Gasteiger partial charge in [-0.1, -0.05) is 18.2 Å². The number of aliphatic imine (C=N–C) groups is 1. The third-order valence-corrected chi connectivity index (χ3v) is 3.52. The van der Waals surface area contributed by atoms with Gasteiger partial charge in [0.1, 0.15) is 11.5 Å². The van der Waals surface area contributed by atoms with E-state index in [0.29, 0.717) is 16.9 Å². The number of imidazole rings is 1. The van der Waals surface area contributed by atoms with E-state index in [1.165, 1.54) is 35.1 Å². The Bertz CT molecular complexity index is 1010. The van der Waals surface area contributed by atoms with Gasteiger partial charge in [0.05, 0.1) is 5.69 Å². The average molecular weight is 364 g/mol. The van der Waals surface area contributed by atoms with Crippen LogP contribution in [0.2, 0.25) is 0 Å². The van der Waals surface area contributed by atoms with Crippen molar-refractivity contribution < 1.29 is 17.6 Å². The zero-order valence-corrected chi connectivity index (χ0v) is 13.1. The van der Waals surface area contributed by atoms with Crippen LogP contribution in [0.3, 0.4) is 0 Å². The molecule has 10 heteroatoms. The Hall–Kier alpha value is -3.30. The second-order valence-corrected chi connectivity index (χ2v) is 5.34. The summed E-state index contributed by atoms with van der Waals surface area (Å²) in [5.74, 6) is -2.85. The zero-order valence-electron chi connectivity index (χ0n) is 13.1. The average Bonchev–Trinajstić information content (AvgIpc) is 3.04. The van der Waals surface area contributed by atoms with Gasteiger partial charge < -0.3 is 10.1 Å². The molecule has 3 aromatic rings. The highest BCUT2D eigenvalue weighted by molar-refractivity contribution is 6.04. The fraction of sp³-hybridized carbons (Fsp3) is 0.125. The molecule has 3 N–H and O–H groups in total. The topological polar surface area (TPSA) is 92.4 Å². The van der Waals surface area contributed by atoms with Crippen LogP contribution in [0.5, 0.6) is 0 Å². The second kappa shape index (κ2) is 6.54. The first-order valence-corrected chi connectivity index (χ1v) is 7.32. The van der Waals surface area contributed by atoms with E-state index in [0.717, 1.165) is 0 Å². The quantitative estimate of drug-likeness (QED) is 0.425. The summed E-state index contributed by atoms with van der Waals surface area (Å²) in [5, 5.41) is 7.75. The normalized spacial score (nSPS) is 12.5. The molecule has 0 unspecified atom stereocenters. The Kier molecular flexibility index (Phi) is 4.41. The Morgan fingerprint density at radius 3 is 2.69 bits per heavy atom. The van der Waals surface area contributed by atoms with Crippen molar-refractivity contribution in [3.8, 4) is 0 Å². The van der Waals surface area contributed by atoms with Gasteiger partial charge in [0.25, 0.3) is 0 Å². The molecule has 26 heavy (non-hydrogen) atoms. The predicted molar refractivity (Wildman–Crippen MR) is 86.7 cm³/mol. The van der Waals surface area contributed by atoms with Crippen molar-refractivity contribution in [3.63, 3.8) is 0 Å². The van der Waals surface area contributed by atoms with Crippen LogP contribution in [0.15, 0.2) is 47.8 Å². The Labute approximate surface area is 144 Å². The van der Waals surface area contributed by atoms with Crippen molar-refractivity contribution in [3.05, 3.63) is 65.6 Å². The summed E-state index contributed by atoms with van der Waals surface area (Å²) >= 11 is 0. The first kappa shape index (κ1) is 17.5. The van der Waals surface area contributed by atoms with E-state index < -0.39 is 23.7 Å². The fourth-order valence-electron chi connectivity index (χ4n) is 2.29. The lowest BCUT2D eigenvalue weighted by Crippen LogP contribution is -2.32. The van der Waals surface area contributed by atoms with Crippen LogP contribution in [0.1, 0.15) is 17.0 Å². The Morgan fingerprint density at radius 2 is 2.00 bits per heavy atom. The predicted octanol–water partition coefficient (Wildman–Crippen LogP) is 2.70. The number of benzene rings is 1. The van der Waals surface area contributed by atoms with Gasteiger partial charge in [-0.25, -0.2) is 19.4 Å². The zero-order chi connectivity index (χ0) is 18.9. The Morgan fingerprint density at radius 1 is 1.27 bits per heavy atom. The molecule has 0 aliphatic heterocycles. The standard InChI is InChI=1S/C16H12F4N6/c17-10-4-2-1-3-9(10)7-11-14-23-5-6-26(14)8-12(24-11)13(21)25-15(22)16(18,19)20/h1-6,8H,7H2,(H3,21,22,25). The summed E-state index contributed by atoms with van der Waals surface area (Å²) < 4.78 is 52.9. The third kappa shape index (κ3) is 3.53. The lowest BCUT2D eigenvalue weighted by molar-refractivity contribution is -0.0597. The van der Waals surface area contributed by atoms with Crippen molar-refractivity contribution >= 4 is 17.3 Å². The highest BCUT2D eigenvalue weighted by Crippen LogP contribution is 2.18. The first-order valence-electron chi connectivity index (χ1n) is 7.32. The van der Waals surface area contributed by atoms with Crippen LogP contribution >= 0.6 is 0 Å². The van der Waals surface area contributed by atoms with Gasteiger partial charge in [-0.15, -0.1) is 0 Å². The van der Waals surface area contributed by atoms with Crippen LogP contribution in [-0.2, 0) is 6.42 Å². The number of nitrogens with two attached hydrogens (primary N) is 1. The maximum absolute atomic E-state index is 13.9. The molecule has 0 amide bonds. The minimum atomic E-state index is -4.85. The van der Waals surface area contributed by atoms with Gasteiger partial charge in [-0.05, 0) is 11.6 Å². The van der Waals surface area contributed by atoms with Crippen LogP contribution in [0.4, 0.5) is 17.6 Å². The maximum Gasteiger partial charge on any atom is 0.449 e. The number of nitrogens with one attached hydrogen (secondary N) is 1. The number of halogens is 4. The minimum Gasteiger partial charge on any atom is -0.380 e. The fourth-order valence-corrected chi connectivity index (χ4v) is 2.29. The molecule has 6 nitrogen and oxygen atoms in total. The Balaban J connectivity index is 2.04. The number of fused-ring (bicyclic) bond motifs is 1. The van der Waals surface area contributed by atoms with Crippen LogP contribution < -0.4 is 5.73 Å². The molecule has 0 fully saturated rings. The van der Waals surface area contributed by atoms with Gasteiger partial charge in [-0.2, -0.15) is 13.2 Å². The van der Waals surface area contributed by atoms with Crippen molar-refractivity contribution in [2.75, 3.05) is 0 Å². The lowest BCUT2D eigenvalue weighted by atomic mass is 10.1. The number of nitrogens with zero attached hydrogens (tertiary/aromatic N) is 4.